The highest BCUT2D eigenvalue weighted by atomic mass is 35.5. The van der Waals surface area contributed by atoms with Gasteiger partial charge in [-0.1, -0.05) is 23.2 Å². The van der Waals surface area contributed by atoms with Gasteiger partial charge in [0.1, 0.15) is 10.9 Å². The molecule has 0 saturated carbocycles. The third kappa shape index (κ3) is 3.96. The van der Waals surface area contributed by atoms with Crippen molar-refractivity contribution in [1.29, 1.82) is 0 Å². The molecule has 2 N–H and O–H groups in total. The number of hydrogen-bond acceptors (Lipinski definition) is 4. The van der Waals surface area contributed by atoms with Crippen LogP contribution in [-0.2, 0) is 0 Å². The number of aryl methyl sites for hydroxylation is 1. The van der Waals surface area contributed by atoms with Crippen LogP contribution in [0.5, 0.6) is 5.75 Å². The molecule has 0 atom stereocenters. The van der Waals surface area contributed by atoms with Crippen molar-refractivity contribution in [1.82, 2.24) is 10.3 Å². The van der Waals surface area contributed by atoms with Crippen LogP contribution in [0.15, 0.2) is 24.3 Å². The molecule has 1 heterocycles. The summed E-state index contributed by atoms with van der Waals surface area (Å²) in [7, 11) is 1.54. The number of nitrogens with zero attached hydrogens (tertiary/aromatic N) is 1. The van der Waals surface area contributed by atoms with Gasteiger partial charge in [0.25, 0.3) is 5.91 Å². The average Bonchev–Trinajstić information content (AvgIpc) is 2.53. The number of hydrogen-bond donors (Lipinski definition) is 2. The van der Waals surface area contributed by atoms with Crippen LogP contribution in [0.1, 0.15) is 21.6 Å². The van der Waals surface area contributed by atoms with Crippen molar-refractivity contribution < 1.29 is 14.3 Å². The van der Waals surface area contributed by atoms with E-state index >= 15 is 0 Å². The van der Waals surface area contributed by atoms with Crippen molar-refractivity contribution >= 4 is 40.8 Å². The van der Waals surface area contributed by atoms with Gasteiger partial charge in [-0.05, 0) is 43.7 Å². The lowest BCUT2D eigenvalue weighted by Gasteiger charge is -2.12. The van der Waals surface area contributed by atoms with Crippen molar-refractivity contribution in [3.8, 4) is 5.75 Å². The van der Waals surface area contributed by atoms with Gasteiger partial charge in [-0.2, -0.15) is 0 Å². The van der Waals surface area contributed by atoms with E-state index in [1.165, 1.54) is 0 Å². The molecule has 126 valence electrons. The van der Waals surface area contributed by atoms with E-state index < -0.39 is 11.9 Å². The zero-order valence-corrected chi connectivity index (χ0v) is 14.7. The molecule has 2 aromatic rings. The number of nitrogens with one attached hydrogen (secondary N) is 2. The van der Waals surface area contributed by atoms with Gasteiger partial charge in [-0.3, -0.25) is 10.1 Å². The Hall–Kier alpha value is -2.31. The van der Waals surface area contributed by atoms with E-state index in [0.717, 1.165) is 0 Å². The quantitative estimate of drug-likeness (QED) is 0.804. The fourth-order valence-electron chi connectivity index (χ4n) is 2.05. The molecule has 2 rings (SSSR count). The first kappa shape index (κ1) is 18.0. The molecule has 0 saturated heterocycles. The molecule has 24 heavy (non-hydrogen) atoms. The maximum absolute atomic E-state index is 12.3. The number of aromatic nitrogens is 1. The Balaban J connectivity index is 2.12. The van der Waals surface area contributed by atoms with Crippen molar-refractivity contribution in [3.05, 3.63) is 51.3 Å². The molecular formula is C16H15Cl2N3O3. The Kier molecular flexibility index (Phi) is 5.64. The van der Waals surface area contributed by atoms with Gasteiger partial charge in [0.05, 0.1) is 23.4 Å². The van der Waals surface area contributed by atoms with Crippen molar-refractivity contribution in [2.75, 3.05) is 12.4 Å². The Morgan fingerprint density at radius 2 is 1.75 bits per heavy atom. The van der Waals surface area contributed by atoms with Crippen LogP contribution in [0.3, 0.4) is 0 Å². The lowest BCUT2D eigenvalue weighted by atomic mass is 10.1. The van der Waals surface area contributed by atoms with Crippen LogP contribution >= 0.6 is 23.2 Å². The van der Waals surface area contributed by atoms with Gasteiger partial charge in [0, 0.05) is 5.69 Å². The molecule has 0 radical (unpaired) electrons. The number of ether oxygens (including phenoxy) is 1. The summed E-state index contributed by atoms with van der Waals surface area (Å²) < 4.78 is 5.03. The zero-order valence-electron chi connectivity index (χ0n) is 13.2. The van der Waals surface area contributed by atoms with Gasteiger partial charge in [0.15, 0.2) is 0 Å². The van der Waals surface area contributed by atoms with E-state index in [2.05, 4.69) is 15.6 Å². The molecule has 0 aliphatic carbocycles. The number of carbonyl (C=O) groups is 2. The van der Waals surface area contributed by atoms with Crippen LogP contribution in [0.2, 0.25) is 10.2 Å². The van der Waals surface area contributed by atoms with Crippen LogP contribution in [0.4, 0.5) is 10.5 Å². The number of anilines is 1. The molecule has 1 aromatic carbocycles. The molecule has 6 nitrogen and oxygen atoms in total. The first-order valence-corrected chi connectivity index (χ1v) is 7.67. The zero-order chi connectivity index (χ0) is 17.9. The van der Waals surface area contributed by atoms with E-state index in [1.54, 1.807) is 45.2 Å². The van der Waals surface area contributed by atoms with Gasteiger partial charge >= 0.3 is 6.03 Å². The van der Waals surface area contributed by atoms with Crippen LogP contribution in [-0.4, -0.2) is 24.0 Å². The highest BCUT2D eigenvalue weighted by Gasteiger charge is 2.20. The summed E-state index contributed by atoms with van der Waals surface area (Å²) in [6.07, 6.45) is 0. The fourth-order valence-corrected chi connectivity index (χ4v) is 2.55. The number of imide groups is 1. The number of halogens is 2. The Bertz CT molecular complexity index is 792. The summed E-state index contributed by atoms with van der Waals surface area (Å²) in [4.78, 5) is 28.2. The van der Waals surface area contributed by atoms with E-state index in [-0.39, 0.29) is 10.7 Å². The van der Waals surface area contributed by atoms with Crippen LogP contribution in [0, 0.1) is 13.8 Å². The normalized spacial score (nSPS) is 10.2. The maximum Gasteiger partial charge on any atom is 0.326 e. The predicted molar refractivity (Wildman–Crippen MR) is 93.2 cm³/mol. The SMILES string of the molecule is COc1ccc(NC(=O)NC(=O)c2c(Cl)nc(C)c(Cl)c2C)cc1. The second-order valence-electron chi connectivity index (χ2n) is 4.94. The van der Waals surface area contributed by atoms with E-state index in [9.17, 15) is 9.59 Å². The number of urea groups is 1. The average molecular weight is 368 g/mol. The number of pyridine rings is 1. The van der Waals surface area contributed by atoms with Gasteiger partial charge < -0.3 is 10.1 Å². The smallest absolute Gasteiger partial charge is 0.326 e. The number of amides is 3. The minimum Gasteiger partial charge on any atom is -0.497 e. The summed E-state index contributed by atoms with van der Waals surface area (Å²) in [6.45, 7) is 3.32. The number of benzene rings is 1. The minimum absolute atomic E-state index is 0.0100. The molecule has 0 aliphatic rings. The van der Waals surface area contributed by atoms with E-state index in [1.807, 2.05) is 0 Å². The standard InChI is InChI=1S/C16H15Cl2N3O3/c1-8-12(14(18)19-9(2)13(8)17)15(22)21-16(23)20-10-4-6-11(24-3)7-5-10/h4-7H,1-3H3,(H2,20,21,22,23). The maximum atomic E-state index is 12.3. The fraction of sp³-hybridized carbons (Fsp3) is 0.188. The molecular weight excluding hydrogens is 353 g/mol. The van der Waals surface area contributed by atoms with Crippen LogP contribution < -0.4 is 15.4 Å². The predicted octanol–water partition coefficient (Wildman–Crippen LogP) is 3.98. The van der Waals surface area contributed by atoms with Crippen molar-refractivity contribution in [2.24, 2.45) is 0 Å². The number of rotatable bonds is 3. The molecule has 0 unspecified atom stereocenters. The molecule has 1 aromatic heterocycles. The van der Waals surface area contributed by atoms with Crippen molar-refractivity contribution in [3.63, 3.8) is 0 Å². The first-order chi connectivity index (χ1) is 11.3. The number of carbonyl (C=O) groups excluding carboxylic acids is 2. The second-order valence-corrected chi connectivity index (χ2v) is 5.67. The highest BCUT2D eigenvalue weighted by molar-refractivity contribution is 6.36. The van der Waals surface area contributed by atoms with E-state index in [4.69, 9.17) is 27.9 Å². The third-order valence-electron chi connectivity index (χ3n) is 3.30. The Morgan fingerprint density at radius 3 is 2.33 bits per heavy atom. The summed E-state index contributed by atoms with van der Waals surface area (Å²) in [5.74, 6) is -0.0299. The topological polar surface area (TPSA) is 80.3 Å². The lowest BCUT2D eigenvalue weighted by molar-refractivity contribution is 0.0966. The molecule has 8 heteroatoms. The number of methoxy groups -OCH3 is 1. The molecule has 3 amide bonds. The van der Waals surface area contributed by atoms with Gasteiger partial charge in [0.2, 0.25) is 0 Å². The minimum atomic E-state index is -0.697. The molecule has 0 bridgehead atoms. The van der Waals surface area contributed by atoms with E-state index in [0.29, 0.717) is 27.7 Å². The first-order valence-electron chi connectivity index (χ1n) is 6.92. The third-order valence-corrected chi connectivity index (χ3v) is 4.13. The Morgan fingerprint density at radius 1 is 1.12 bits per heavy atom. The van der Waals surface area contributed by atoms with Gasteiger partial charge in [-0.15, -0.1) is 0 Å². The largest absolute Gasteiger partial charge is 0.497 e. The molecule has 0 spiro atoms. The van der Waals surface area contributed by atoms with Crippen LogP contribution in [0.25, 0.3) is 0 Å². The monoisotopic (exact) mass is 367 g/mol. The lowest BCUT2D eigenvalue weighted by Crippen LogP contribution is -2.35. The second kappa shape index (κ2) is 7.51. The summed E-state index contributed by atoms with van der Waals surface area (Å²) in [5.41, 5.74) is 1.54. The highest BCUT2D eigenvalue weighted by Crippen LogP contribution is 2.27. The van der Waals surface area contributed by atoms with Crippen molar-refractivity contribution in [2.45, 2.75) is 13.8 Å². The van der Waals surface area contributed by atoms with Gasteiger partial charge in [-0.25, -0.2) is 9.78 Å². The summed E-state index contributed by atoms with van der Waals surface area (Å²) in [5, 5.41) is 5.06. The molecule has 0 fully saturated rings. The summed E-state index contributed by atoms with van der Waals surface area (Å²) >= 11 is 12.1. The Labute approximate surface area is 149 Å². The summed E-state index contributed by atoms with van der Waals surface area (Å²) in [6, 6.07) is 5.96. The molecule has 0 aliphatic heterocycles.